The number of fused-ring (bicyclic) bond motifs is 6. The molecule has 2 amide bonds. The summed E-state index contributed by atoms with van der Waals surface area (Å²) in [6.45, 7) is 8.31. The maximum absolute atomic E-state index is 12.7. The number of nitrogens with zero attached hydrogens (tertiary/aromatic N) is 1. The molecule has 0 spiro atoms. The van der Waals surface area contributed by atoms with E-state index in [0.717, 1.165) is 47.9 Å². The minimum Gasteiger partial charge on any atom is -0.484 e. The number of aliphatic hydroxyl groups excluding tert-OH is 1. The number of nitrogens with one attached hydrogen (secondary N) is 2. The molecule has 3 N–H and O–H groups in total. The Morgan fingerprint density at radius 3 is 2.56 bits per heavy atom. The fourth-order valence-corrected chi connectivity index (χ4v) is 10.9. The van der Waals surface area contributed by atoms with Crippen LogP contribution >= 0.6 is 0 Å². The van der Waals surface area contributed by atoms with Gasteiger partial charge in [0.05, 0.1) is 11.5 Å². The van der Waals surface area contributed by atoms with Crippen molar-refractivity contribution in [2.45, 2.75) is 97.5 Å². The molecule has 246 valence electrons. The molecule has 0 aliphatic heterocycles. The van der Waals surface area contributed by atoms with E-state index < -0.39 is 0 Å². The summed E-state index contributed by atoms with van der Waals surface area (Å²) in [6.07, 6.45) is 14.6. The molecule has 2 aromatic rings. The van der Waals surface area contributed by atoms with E-state index in [9.17, 15) is 14.7 Å². The van der Waals surface area contributed by atoms with Gasteiger partial charge < -0.3 is 20.5 Å². The maximum atomic E-state index is 12.7. The van der Waals surface area contributed by atoms with Crippen molar-refractivity contribution in [2.75, 3.05) is 19.7 Å². The molecule has 1 aromatic carbocycles. The van der Waals surface area contributed by atoms with E-state index in [1.807, 2.05) is 48.1 Å². The molecule has 7 heteroatoms. The van der Waals surface area contributed by atoms with Gasteiger partial charge in [0.2, 0.25) is 11.4 Å². The van der Waals surface area contributed by atoms with Crippen LogP contribution in [-0.2, 0) is 16.6 Å². The first-order valence-electron chi connectivity index (χ1n) is 17.8. The maximum Gasteiger partial charge on any atom is 0.258 e. The lowest BCUT2D eigenvalue weighted by atomic mass is 9.44. The number of amides is 2. The van der Waals surface area contributed by atoms with Crippen molar-refractivity contribution in [1.29, 1.82) is 0 Å². The molecule has 0 radical (unpaired) electrons. The first kappa shape index (κ1) is 32.3. The van der Waals surface area contributed by atoms with E-state index in [0.29, 0.717) is 53.8 Å². The van der Waals surface area contributed by atoms with Crippen LogP contribution < -0.4 is 19.9 Å². The lowest BCUT2D eigenvalue weighted by Crippen LogP contribution is -2.54. The third-order valence-electron chi connectivity index (χ3n) is 13.3. The Kier molecular flexibility index (Phi) is 9.48. The van der Waals surface area contributed by atoms with Gasteiger partial charge in [-0.25, -0.2) is 4.57 Å². The lowest BCUT2D eigenvalue weighted by Gasteiger charge is -2.61. The second-order valence-corrected chi connectivity index (χ2v) is 15.7. The van der Waals surface area contributed by atoms with Crippen LogP contribution in [-0.4, -0.2) is 42.7 Å². The number of carbonyl (C=O) groups excluding carboxylic acids is 2. The van der Waals surface area contributed by atoms with Crippen molar-refractivity contribution in [3.63, 3.8) is 0 Å². The van der Waals surface area contributed by atoms with Gasteiger partial charge in [-0.05, 0) is 129 Å². The molecule has 6 rings (SSSR count). The van der Waals surface area contributed by atoms with Crippen LogP contribution in [0.2, 0.25) is 0 Å². The average Bonchev–Trinajstić information content (AvgIpc) is 3.38. The second-order valence-electron chi connectivity index (χ2n) is 15.7. The summed E-state index contributed by atoms with van der Waals surface area (Å²) in [7, 11) is 2.00. The number of aliphatic hydroxyl groups is 1. The molecule has 1 aromatic heterocycles. The van der Waals surface area contributed by atoms with Crippen molar-refractivity contribution in [1.82, 2.24) is 10.6 Å². The van der Waals surface area contributed by atoms with Crippen LogP contribution in [0.1, 0.15) is 91.4 Å². The van der Waals surface area contributed by atoms with Crippen LogP contribution in [0.5, 0.6) is 5.75 Å². The molecule has 0 saturated heterocycles. The minimum absolute atomic E-state index is 0.0539. The average molecular weight is 619 g/mol. The molecule has 4 fully saturated rings. The number of aromatic nitrogens is 1. The zero-order valence-electron chi connectivity index (χ0n) is 28.0. The second kappa shape index (κ2) is 13.2. The third kappa shape index (κ3) is 6.48. The molecular weight excluding hydrogens is 562 g/mol. The number of benzene rings is 1. The number of rotatable bonds is 10. The van der Waals surface area contributed by atoms with Crippen molar-refractivity contribution < 1.29 is 24.0 Å². The Hall–Kier alpha value is -2.67. The Balaban J connectivity index is 0.906. The summed E-state index contributed by atoms with van der Waals surface area (Å²) in [4.78, 5) is 25.0. The zero-order chi connectivity index (χ0) is 31.8. The summed E-state index contributed by atoms with van der Waals surface area (Å²) >= 11 is 0. The van der Waals surface area contributed by atoms with Gasteiger partial charge in [0.25, 0.3) is 5.91 Å². The van der Waals surface area contributed by atoms with Gasteiger partial charge in [-0.2, -0.15) is 0 Å². The Morgan fingerprint density at radius 2 is 1.73 bits per heavy atom. The molecule has 9 atom stereocenters. The topological polar surface area (TPSA) is 91.5 Å². The quantitative estimate of drug-likeness (QED) is 0.235. The number of ether oxygens (including phenoxy) is 1. The smallest absolute Gasteiger partial charge is 0.258 e. The summed E-state index contributed by atoms with van der Waals surface area (Å²) in [5, 5.41) is 17.3. The summed E-state index contributed by atoms with van der Waals surface area (Å²) in [6, 6.07) is 9.82. The van der Waals surface area contributed by atoms with E-state index in [-0.39, 0.29) is 24.5 Å². The number of carbonyl (C=O) groups is 2. The van der Waals surface area contributed by atoms with E-state index in [4.69, 9.17) is 4.74 Å². The normalized spacial score (nSPS) is 34.7. The van der Waals surface area contributed by atoms with Crippen LogP contribution in [0.15, 0.2) is 36.5 Å². The highest BCUT2D eigenvalue weighted by Crippen LogP contribution is 2.68. The molecule has 4 saturated carbocycles. The van der Waals surface area contributed by atoms with Crippen molar-refractivity contribution in [2.24, 2.45) is 53.4 Å². The predicted molar refractivity (Wildman–Crippen MR) is 176 cm³/mol. The van der Waals surface area contributed by atoms with Gasteiger partial charge in [-0.1, -0.05) is 20.8 Å². The number of aryl methyl sites for hydroxylation is 1. The van der Waals surface area contributed by atoms with Crippen molar-refractivity contribution in [3.05, 3.63) is 36.5 Å². The van der Waals surface area contributed by atoms with Gasteiger partial charge in [-0.15, -0.1) is 0 Å². The first-order valence-corrected chi connectivity index (χ1v) is 17.8. The van der Waals surface area contributed by atoms with Gasteiger partial charge >= 0.3 is 0 Å². The lowest BCUT2D eigenvalue weighted by molar-refractivity contribution is -0.644. The summed E-state index contributed by atoms with van der Waals surface area (Å²) < 4.78 is 7.74. The Morgan fingerprint density at radius 1 is 0.978 bits per heavy atom. The van der Waals surface area contributed by atoms with Gasteiger partial charge in [0.1, 0.15) is 12.8 Å². The SMILES string of the molecule is C[C@H](CCC(=O)NCCNC(=O)COc1ccc2c(ccc[n+]2C)c1)[C@H]1CC[C@H]2[C@@H]3CC[C@@H]4C[C@H](O)CC[C@]4(C)[C@H]3CC[C@]12C. The fraction of sp³-hybridized carbons (Fsp3) is 0.711. The fourth-order valence-electron chi connectivity index (χ4n) is 10.9. The molecule has 0 unspecified atom stereocenters. The zero-order valence-corrected chi connectivity index (χ0v) is 28.0. The Labute approximate surface area is 269 Å². The van der Waals surface area contributed by atoms with E-state index >= 15 is 0 Å². The van der Waals surface area contributed by atoms with E-state index in [1.54, 1.807) is 0 Å². The highest BCUT2D eigenvalue weighted by molar-refractivity contribution is 5.79. The van der Waals surface area contributed by atoms with Crippen LogP contribution in [0, 0.1) is 46.3 Å². The van der Waals surface area contributed by atoms with Gasteiger partial charge in [0.15, 0.2) is 12.8 Å². The number of hydrogen-bond acceptors (Lipinski definition) is 4. The van der Waals surface area contributed by atoms with Gasteiger partial charge in [-0.3, -0.25) is 9.59 Å². The van der Waals surface area contributed by atoms with E-state index in [2.05, 4.69) is 31.4 Å². The minimum atomic E-state index is -0.195. The monoisotopic (exact) mass is 618 g/mol. The molecule has 0 bridgehead atoms. The molecule has 1 heterocycles. The van der Waals surface area contributed by atoms with Crippen LogP contribution in [0.4, 0.5) is 0 Å². The molecule has 45 heavy (non-hydrogen) atoms. The van der Waals surface area contributed by atoms with Crippen molar-refractivity contribution >= 4 is 22.7 Å². The molecule has 4 aliphatic rings. The van der Waals surface area contributed by atoms with Gasteiger partial charge in [0, 0.05) is 31.6 Å². The first-order chi connectivity index (χ1) is 21.6. The summed E-state index contributed by atoms with van der Waals surface area (Å²) in [5.41, 5.74) is 1.92. The van der Waals surface area contributed by atoms with Crippen molar-refractivity contribution in [3.8, 4) is 5.75 Å². The molecule has 4 aliphatic carbocycles. The highest BCUT2D eigenvalue weighted by atomic mass is 16.5. The highest BCUT2D eigenvalue weighted by Gasteiger charge is 2.60. The van der Waals surface area contributed by atoms with Crippen LogP contribution in [0.25, 0.3) is 10.9 Å². The van der Waals surface area contributed by atoms with Crippen LogP contribution in [0.3, 0.4) is 0 Å². The number of pyridine rings is 1. The Bertz CT molecular complexity index is 1380. The number of hydrogen-bond donors (Lipinski definition) is 3. The standard InChI is InChI=1S/C38H55N3O4/c1-25(31-11-12-32-30-10-8-27-23-28(42)15-17-37(27,2)33(30)16-18-38(31,32)3)7-14-35(43)39-19-20-40-36(44)24-45-29-9-13-34-26(22-29)6-5-21-41(34)4/h5-6,9,13,21-22,25,27-28,30-33,42H,7-8,10-12,14-20,23-24H2,1-4H3,(H-,39,40,43,44)/p+1/t25-,27-,28-,30+,31-,32+,33+,37+,38-/m1/s1. The predicted octanol–water partition coefficient (Wildman–Crippen LogP) is 5.71. The summed E-state index contributed by atoms with van der Waals surface area (Å²) in [5.74, 6) is 4.97. The third-order valence-corrected chi connectivity index (χ3v) is 13.3. The molecular formula is C38H56N3O4+. The molecule has 7 nitrogen and oxygen atoms in total. The van der Waals surface area contributed by atoms with E-state index in [1.165, 1.54) is 44.9 Å². The largest absolute Gasteiger partial charge is 0.484 e.